The lowest BCUT2D eigenvalue weighted by atomic mass is 10.1. The molecule has 1 amide bonds. The molecule has 1 atom stereocenters. The number of hydrogen-bond donors (Lipinski definition) is 2. The number of nitrogens with one attached hydrogen (secondary N) is 1. The van der Waals surface area contributed by atoms with Crippen molar-refractivity contribution in [3.05, 3.63) is 30.3 Å². The molecule has 0 fully saturated rings. The molecule has 3 N–H and O–H groups in total. The van der Waals surface area contributed by atoms with Crippen molar-refractivity contribution in [2.75, 3.05) is 5.32 Å². The first-order chi connectivity index (χ1) is 6.68. The Balaban J connectivity index is 2.34. The average molecular weight is 192 g/mol. The van der Waals surface area contributed by atoms with Crippen LogP contribution in [0.15, 0.2) is 30.3 Å². The Morgan fingerprint density at radius 2 is 2.07 bits per heavy atom. The number of amides is 1. The number of benzene rings is 1. The molecule has 0 saturated heterocycles. The number of carbonyl (C=O) groups is 1. The smallest absolute Gasteiger partial charge is 0.217 e. The van der Waals surface area contributed by atoms with E-state index in [0.29, 0.717) is 6.42 Å². The first-order valence-corrected chi connectivity index (χ1v) is 4.78. The molecule has 1 aromatic carbocycles. The SMILES string of the molecule is CC(CCC(N)=O)Nc1ccccc1. The number of anilines is 1. The summed E-state index contributed by atoms with van der Waals surface area (Å²) in [5.74, 6) is -0.244. The van der Waals surface area contributed by atoms with Crippen molar-refractivity contribution in [2.24, 2.45) is 5.73 Å². The molecule has 1 unspecified atom stereocenters. The van der Waals surface area contributed by atoms with Crippen LogP contribution in [0.25, 0.3) is 0 Å². The lowest BCUT2D eigenvalue weighted by Gasteiger charge is -2.13. The summed E-state index contributed by atoms with van der Waals surface area (Å²) in [6, 6.07) is 10.2. The van der Waals surface area contributed by atoms with E-state index in [-0.39, 0.29) is 11.9 Å². The van der Waals surface area contributed by atoms with Crippen molar-refractivity contribution in [2.45, 2.75) is 25.8 Å². The standard InChI is InChI=1S/C11H16N2O/c1-9(7-8-11(12)14)13-10-5-3-2-4-6-10/h2-6,9,13H,7-8H2,1H3,(H2,12,14). The molecule has 76 valence electrons. The second kappa shape index (κ2) is 5.27. The van der Waals surface area contributed by atoms with E-state index in [2.05, 4.69) is 5.32 Å². The van der Waals surface area contributed by atoms with Gasteiger partial charge in [-0.1, -0.05) is 18.2 Å². The number of hydrogen-bond acceptors (Lipinski definition) is 2. The van der Waals surface area contributed by atoms with Crippen LogP contribution in [-0.2, 0) is 4.79 Å². The highest BCUT2D eigenvalue weighted by Gasteiger charge is 2.03. The Kier molecular flexibility index (Phi) is 3.98. The number of primary amides is 1. The van der Waals surface area contributed by atoms with Crippen LogP contribution in [0.1, 0.15) is 19.8 Å². The van der Waals surface area contributed by atoms with Crippen molar-refractivity contribution in [3.63, 3.8) is 0 Å². The topological polar surface area (TPSA) is 55.1 Å². The van der Waals surface area contributed by atoms with Gasteiger partial charge in [0.15, 0.2) is 0 Å². The highest BCUT2D eigenvalue weighted by atomic mass is 16.1. The fraction of sp³-hybridized carbons (Fsp3) is 0.364. The molecule has 1 aromatic rings. The summed E-state index contributed by atoms with van der Waals surface area (Å²) >= 11 is 0. The Hall–Kier alpha value is -1.51. The van der Waals surface area contributed by atoms with E-state index in [9.17, 15) is 4.79 Å². The van der Waals surface area contributed by atoms with Crippen molar-refractivity contribution in [1.82, 2.24) is 0 Å². The summed E-state index contributed by atoms with van der Waals surface area (Å²) < 4.78 is 0. The van der Waals surface area contributed by atoms with Crippen LogP contribution in [0.3, 0.4) is 0 Å². The highest BCUT2D eigenvalue weighted by Crippen LogP contribution is 2.09. The van der Waals surface area contributed by atoms with E-state index < -0.39 is 0 Å². The van der Waals surface area contributed by atoms with Gasteiger partial charge in [0.05, 0.1) is 0 Å². The van der Waals surface area contributed by atoms with Gasteiger partial charge in [0.1, 0.15) is 0 Å². The molecule has 0 radical (unpaired) electrons. The van der Waals surface area contributed by atoms with E-state index >= 15 is 0 Å². The second-order valence-electron chi connectivity index (χ2n) is 3.42. The zero-order valence-corrected chi connectivity index (χ0v) is 8.36. The molecule has 3 heteroatoms. The van der Waals surface area contributed by atoms with Crippen LogP contribution < -0.4 is 11.1 Å². The van der Waals surface area contributed by atoms with E-state index in [1.165, 1.54) is 0 Å². The fourth-order valence-corrected chi connectivity index (χ4v) is 1.25. The summed E-state index contributed by atoms with van der Waals surface area (Å²) in [5, 5.41) is 3.29. The maximum atomic E-state index is 10.6. The van der Waals surface area contributed by atoms with E-state index in [1.54, 1.807) is 0 Å². The van der Waals surface area contributed by atoms with E-state index in [1.807, 2.05) is 37.3 Å². The summed E-state index contributed by atoms with van der Waals surface area (Å²) in [7, 11) is 0. The van der Waals surface area contributed by atoms with E-state index in [4.69, 9.17) is 5.73 Å². The molecule has 0 aliphatic rings. The maximum absolute atomic E-state index is 10.6. The molecule has 0 spiro atoms. The van der Waals surface area contributed by atoms with Gasteiger partial charge >= 0.3 is 0 Å². The van der Waals surface area contributed by atoms with Gasteiger partial charge in [0.25, 0.3) is 0 Å². The van der Waals surface area contributed by atoms with Crippen LogP contribution in [0, 0.1) is 0 Å². The molecule has 0 aliphatic heterocycles. The average Bonchev–Trinajstić information content (AvgIpc) is 2.16. The van der Waals surface area contributed by atoms with Crippen molar-refractivity contribution < 1.29 is 4.79 Å². The summed E-state index contributed by atoms with van der Waals surface area (Å²) in [4.78, 5) is 10.6. The highest BCUT2D eigenvalue weighted by molar-refractivity contribution is 5.73. The number of nitrogens with two attached hydrogens (primary N) is 1. The lowest BCUT2D eigenvalue weighted by Crippen LogP contribution is -2.19. The lowest BCUT2D eigenvalue weighted by molar-refractivity contribution is -0.118. The first kappa shape index (κ1) is 10.6. The predicted molar refractivity (Wildman–Crippen MR) is 58.0 cm³/mol. The maximum Gasteiger partial charge on any atom is 0.217 e. The summed E-state index contributed by atoms with van der Waals surface area (Å²) in [5.41, 5.74) is 6.14. The van der Waals surface area contributed by atoms with Crippen LogP contribution in [0.4, 0.5) is 5.69 Å². The summed E-state index contributed by atoms with van der Waals surface area (Å²) in [6.07, 6.45) is 1.20. The molecule has 0 aromatic heterocycles. The third kappa shape index (κ3) is 3.94. The van der Waals surface area contributed by atoms with Gasteiger partial charge in [-0.2, -0.15) is 0 Å². The van der Waals surface area contributed by atoms with Gasteiger partial charge in [-0.25, -0.2) is 0 Å². The zero-order valence-electron chi connectivity index (χ0n) is 8.36. The molecule has 0 saturated carbocycles. The zero-order chi connectivity index (χ0) is 10.4. The molecular formula is C11H16N2O. The number of rotatable bonds is 5. The fourth-order valence-electron chi connectivity index (χ4n) is 1.25. The minimum absolute atomic E-state index is 0.244. The first-order valence-electron chi connectivity index (χ1n) is 4.78. The second-order valence-corrected chi connectivity index (χ2v) is 3.42. The van der Waals surface area contributed by atoms with Gasteiger partial charge in [0, 0.05) is 18.2 Å². The van der Waals surface area contributed by atoms with Crippen molar-refractivity contribution in [3.8, 4) is 0 Å². The Labute approximate surface area is 84.3 Å². The third-order valence-electron chi connectivity index (χ3n) is 2.01. The molecular weight excluding hydrogens is 176 g/mol. The Morgan fingerprint density at radius 1 is 1.43 bits per heavy atom. The Morgan fingerprint density at radius 3 is 2.64 bits per heavy atom. The van der Waals surface area contributed by atoms with Crippen LogP contribution in [0.2, 0.25) is 0 Å². The molecule has 1 rings (SSSR count). The van der Waals surface area contributed by atoms with Crippen molar-refractivity contribution >= 4 is 11.6 Å². The monoisotopic (exact) mass is 192 g/mol. The van der Waals surface area contributed by atoms with Gasteiger partial charge in [-0.05, 0) is 25.5 Å². The van der Waals surface area contributed by atoms with Crippen molar-refractivity contribution in [1.29, 1.82) is 0 Å². The van der Waals surface area contributed by atoms with E-state index in [0.717, 1.165) is 12.1 Å². The van der Waals surface area contributed by atoms with Crippen LogP contribution in [0.5, 0.6) is 0 Å². The molecule has 3 nitrogen and oxygen atoms in total. The van der Waals surface area contributed by atoms with Gasteiger partial charge in [-0.15, -0.1) is 0 Å². The largest absolute Gasteiger partial charge is 0.383 e. The van der Waals surface area contributed by atoms with Crippen LogP contribution in [-0.4, -0.2) is 11.9 Å². The van der Waals surface area contributed by atoms with Crippen LogP contribution >= 0.6 is 0 Å². The molecule has 0 bridgehead atoms. The molecule has 0 aliphatic carbocycles. The Bertz CT molecular complexity index is 285. The van der Waals surface area contributed by atoms with Gasteiger partial charge < -0.3 is 11.1 Å². The minimum Gasteiger partial charge on any atom is -0.383 e. The molecule has 14 heavy (non-hydrogen) atoms. The summed E-state index contributed by atoms with van der Waals surface area (Å²) in [6.45, 7) is 2.04. The number of carbonyl (C=O) groups excluding carboxylic acids is 1. The minimum atomic E-state index is -0.244. The number of para-hydroxylation sites is 1. The third-order valence-corrected chi connectivity index (χ3v) is 2.01. The molecule has 0 heterocycles. The van der Waals surface area contributed by atoms with Gasteiger partial charge in [-0.3, -0.25) is 4.79 Å². The van der Waals surface area contributed by atoms with Gasteiger partial charge in [0.2, 0.25) is 5.91 Å². The normalized spacial score (nSPS) is 12.1. The predicted octanol–water partition coefficient (Wildman–Crippen LogP) is 1.75. The quantitative estimate of drug-likeness (QED) is 0.746.